The summed E-state index contributed by atoms with van der Waals surface area (Å²) in [6.45, 7) is 4.50. The first-order valence-corrected chi connectivity index (χ1v) is 6.92. The van der Waals surface area contributed by atoms with Crippen LogP contribution >= 0.6 is 0 Å². The minimum absolute atomic E-state index is 0.0724. The Hall–Kier alpha value is -0.270. The molecule has 0 bridgehead atoms. The van der Waals surface area contributed by atoms with Gasteiger partial charge in [0.05, 0.1) is 25.4 Å². The summed E-state index contributed by atoms with van der Waals surface area (Å²) in [6.07, 6.45) is -1.44. The highest BCUT2D eigenvalue weighted by molar-refractivity contribution is 4.77. The smallest absolute Gasteiger partial charge is 0.121 e. The summed E-state index contributed by atoms with van der Waals surface area (Å²) in [5.74, 6) is -0.415. The van der Waals surface area contributed by atoms with E-state index in [9.17, 15) is 19.7 Å². The van der Waals surface area contributed by atoms with Crippen molar-refractivity contribution in [2.24, 2.45) is 5.92 Å². The number of nitrogens with one attached hydrogen (secondary N) is 1. The van der Waals surface area contributed by atoms with Gasteiger partial charge in [-0.25, -0.2) is 4.39 Å². The highest BCUT2D eigenvalue weighted by atomic mass is 19.1. The van der Waals surface area contributed by atoms with Crippen molar-refractivity contribution in [1.29, 1.82) is 0 Å². The van der Waals surface area contributed by atoms with Gasteiger partial charge < -0.3 is 25.4 Å². The fourth-order valence-corrected chi connectivity index (χ4v) is 1.75. The zero-order valence-electron chi connectivity index (χ0n) is 11.9. The van der Waals surface area contributed by atoms with Gasteiger partial charge in [0.15, 0.2) is 0 Å². The van der Waals surface area contributed by atoms with Crippen LogP contribution in [-0.4, -0.2) is 66.6 Å². The van der Waals surface area contributed by atoms with Gasteiger partial charge in [-0.05, 0) is 13.3 Å². The second-order valence-electron chi connectivity index (χ2n) is 4.85. The number of hydrogen-bond donors (Lipinski definition) is 4. The second kappa shape index (κ2) is 11.5. The summed E-state index contributed by atoms with van der Waals surface area (Å²) >= 11 is 0. The number of ether oxygens (including phenoxy) is 1. The Kier molecular flexibility index (Phi) is 11.4. The third kappa shape index (κ3) is 9.29. The van der Waals surface area contributed by atoms with Crippen molar-refractivity contribution in [2.45, 2.75) is 45.1 Å². The van der Waals surface area contributed by atoms with Crippen molar-refractivity contribution in [3.63, 3.8) is 0 Å². The van der Waals surface area contributed by atoms with E-state index in [2.05, 4.69) is 5.32 Å². The molecule has 0 saturated heterocycles. The van der Waals surface area contributed by atoms with Crippen LogP contribution in [0.3, 0.4) is 0 Å². The maximum absolute atomic E-state index is 12.4. The van der Waals surface area contributed by atoms with Gasteiger partial charge in [0.1, 0.15) is 6.17 Å². The SMILES string of the molecule is CCC[C@@H](O)[C@H](O)C(CO)CNCCOCC(C)F. The Labute approximate surface area is 114 Å². The summed E-state index contributed by atoms with van der Waals surface area (Å²) in [5, 5.41) is 31.7. The molecule has 19 heavy (non-hydrogen) atoms. The van der Waals surface area contributed by atoms with Crippen LogP contribution in [0.5, 0.6) is 0 Å². The summed E-state index contributed by atoms with van der Waals surface area (Å²) in [7, 11) is 0. The number of aliphatic hydroxyl groups excluding tert-OH is 3. The van der Waals surface area contributed by atoms with Gasteiger partial charge in [-0.3, -0.25) is 0 Å². The van der Waals surface area contributed by atoms with Gasteiger partial charge in [-0.2, -0.15) is 0 Å². The molecule has 5 nitrogen and oxygen atoms in total. The average Bonchev–Trinajstić information content (AvgIpc) is 2.37. The van der Waals surface area contributed by atoms with E-state index in [1.807, 2.05) is 6.92 Å². The maximum Gasteiger partial charge on any atom is 0.121 e. The van der Waals surface area contributed by atoms with Crippen molar-refractivity contribution in [3.05, 3.63) is 0 Å². The molecule has 0 aliphatic heterocycles. The van der Waals surface area contributed by atoms with Gasteiger partial charge in [0, 0.05) is 25.6 Å². The van der Waals surface area contributed by atoms with E-state index in [1.165, 1.54) is 6.92 Å². The molecule has 0 radical (unpaired) electrons. The van der Waals surface area contributed by atoms with E-state index in [-0.39, 0.29) is 13.2 Å². The lowest BCUT2D eigenvalue weighted by molar-refractivity contribution is -0.0355. The molecule has 0 aromatic carbocycles. The van der Waals surface area contributed by atoms with Gasteiger partial charge in [-0.15, -0.1) is 0 Å². The zero-order chi connectivity index (χ0) is 14.7. The minimum atomic E-state index is -0.976. The first-order valence-electron chi connectivity index (χ1n) is 6.92. The van der Waals surface area contributed by atoms with Crippen molar-refractivity contribution < 1.29 is 24.4 Å². The molecule has 0 aromatic rings. The van der Waals surface area contributed by atoms with Crippen LogP contribution in [0, 0.1) is 5.92 Å². The Morgan fingerprint density at radius 3 is 2.53 bits per heavy atom. The number of aliphatic hydroxyl groups is 3. The summed E-state index contributed by atoms with van der Waals surface area (Å²) < 4.78 is 17.5. The molecule has 6 heteroatoms. The predicted molar refractivity (Wildman–Crippen MR) is 71.8 cm³/mol. The number of rotatable bonds is 12. The standard InChI is InChI=1S/C13H28FNO4/c1-3-4-12(17)13(18)11(8-16)7-15-5-6-19-9-10(2)14/h10-13,15-18H,3-9H2,1-2H3/t10?,11?,12-,13-/m1/s1. The molecule has 2 unspecified atom stereocenters. The molecule has 4 atom stereocenters. The molecule has 0 heterocycles. The lowest BCUT2D eigenvalue weighted by atomic mass is 9.96. The number of alkyl halides is 1. The van der Waals surface area contributed by atoms with Crippen molar-refractivity contribution in [1.82, 2.24) is 5.32 Å². The molecule has 0 aliphatic carbocycles. The van der Waals surface area contributed by atoms with Crippen molar-refractivity contribution >= 4 is 0 Å². The van der Waals surface area contributed by atoms with E-state index in [1.54, 1.807) is 0 Å². The van der Waals surface area contributed by atoms with Crippen LogP contribution in [0.15, 0.2) is 0 Å². The Morgan fingerprint density at radius 1 is 1.32 bits per heavy atom. The first kappa shape index (κ1) is 18.7. The zero-order valence-corrected chi connectivity index (χ0v) is 11.9. The molecular weight excluding hydrogens is 253 g/mol. The van der Waals surface area contributed by atoms with Crippen LogP contribution in [0.4, 0.5) is 4.39 Å². The molecule has 0 saturated carbocycles. The number of halogens is 1. The van der Waals surface area contributed by atoms with Gasteiger partial charge in [0.2, 0.25) is 0 Å². The fourth-order valence-electron chi connectivity index (χ4n) is 1.75. The molecular formula is C13H28FNO4. The predicted octanol–water partition coefficient (Wildman–Crippen LogP) is 0.0810. The quantitative estimate of drug-likeness (QED) is 0.381. The molecule has 0 rings (SSSR count). The second-order valence-corrected chi connectivity index (χ2v) is 4.85. The van der Waals surface area contributed by atoms with E-state index >= 15 is 0 Å². The largest absolute Gasteiger partial charge is 0.396 e. The third-order valence-electron chi connectivity index (χ3n) is 2.87. The lowest BCUT2D eigenvalue weighted by Crippen LogP contribution is -2.41. The molecule has 0 amide bonds. The molecule has 0 aromatic heterocycles. The third-order valence-corrected chi connectivity index (χ3v) is 2.87. The highest BCUT2D eigenvalue weighted by Gasteiger charge is 2.24. The molecule has 116 valence electrons. The summed E-state index contributed by atoms with van der Waals surface area (Å²) in [5.41, 5.74) is 0. The average molecular weight is 281 g/mol. The van der Waals surface area contributed by atoms with Crippen LogP contribution < -0.4 is 5.32 Å². The van der Waals surface area contributed by atoms with E-state index in [0.717, 1.165) is 6.42 Å². The Morgan fingerprint density at radius 2 is 2.00 bits per heavy atom. The molecule has 0 fully saturated rings. The van der Waals surface area contributed by atoms with E-state index < -0.39 is 24.3 Å². The van der Waals surface area contributed by atoms with E-state index in [0.29, 0.717) is 26.1 Å². The number of hydrogen-bond acceptors (Lipinski definition) is 5. The first-order chi connectivity index (χ1) is 9.02. The van der Waals surface area contributed by atoms with E-state index in [4.69, 9.17) is 4.74 Å². The van der Waals surface area contributed by atoms with Gasteiger partial charge >= 0.3 is 0 Å². The maximum atomic E-state index is 12.4. The molecule has 4 N–H and O–H groups in total. The van der Waals surface area contributed by atoms with Crippen molar-refractivity contribution in [3.8, 4) is 0 Å². The normalized spacial score (nSPS) is 18.0. The summed E-state index contributed by atoms with van der Waals surface area (Å²) in [4.78, 5) is 0. The van der Waals surface area contributed by atoms with Crippen LogP contribution in [0.2, 0.25) is 0 Å². The summed E-state index contributed by atoms with van der Waals surface area (Å²) in [6, 6.07) is 0. The molecule has 0 spiro atoms. The Bertz CT molecular complexity index is 207. The van der Waals surface area contributed by atoms with Crippen LogP contribution in [-0.2, 0) is 4.74 Å². The van der Waals surface area contributed by atoms with Gasteiger partial charge in [0.25, 0.3) is 0 Å². The minimum Gasteiger partial charge on any atom is -0.396 e. The van der Waals surface area contributed by atoms with Gasteiger partial charge in [-0.1, -0.05) is 13.3 Å². The topological polar surface area (TPSA) is 82.0 Å². The fraction of sp³-hybridized carbons (Fsp3) is 1.00. The van der Waals surface area contributed by atoms with Crippen LogP contribution in [0.1, 0.15) is 26.7 Å². The monoisotopic (exact) mass is 281 g/mol. The van der Waals surface area contributed by atoms with Crippen molar-refractivity contribution in [2.75, 3.05) is 32.9 Å². The lowest BCUT2D eigenvalue weighted by Gasteiger charge is -2.25. The highest BCUT2D eigenvalue weighted by Crippen LogP contribution is 2.11. The molecule has 0 aliphatic rings. The Balaban J connectivity index is 3.74. The van der Waals surface area contributed by atoms with Crippen LogP contribution in [0.25, 0.3) is 0 Å².